The van der Waals surface area contributed by atoms with Crippen molar-refractivity contribution >= 4 is 46.1 Å². The van der Waals surface area contributed by atoms with Gasteiger partial charge in [0.15, 0.2) is 0 Å². The van der Waals surface area contributed by atoms with Crippen LogP contribution in [0, 0.1) is 3.57 Å². The first-order chi connectivity index (χ1) is 9.74. The summed E-state index contributed by atoms with van der Waals surface area (Å²) in [6.07, 6.45) is 1.74. The molecular formula is C13H18IN3O2S. The van der Waals surface area contributed by atoms with Crippen LogP contribution in [0.5, 0.6) is 0 Å². The largest absolute Gasteiger partial charge is 0.379 e. The molecule has 1 N–H and O–H groups in total. The number of carbonyl (C=O) groups excluding carboxylic acids is 1. The molecule has 0 spiro atoms. The van der Waals surface area contributed by atoms with Gasteiger partial charge in [-0.2, -0.15) is 11.8 Å². The van der Waals surface area contributed by atoms with Crippen LogP contribution in [0.1, 0.15) is 0 Å². The van der Waals surface area contributed by atoms with Crippen molar-refractivity contribution in [3.63, 3.8) is 0 Å². The zero-order chi connectivity index (χ0) is 14.2. The summed E-state index contributed by atoms with van der Waals surface area (Å²) in [5, 5.41) is 2.80. The lowest BCUT2D eigenvalue weighted by atomic mass is 10.4. The van der Waals surface area contributed by atoms with Gasteiger partial charge in [0.1, 0.15) is 5.82 Å². The number of hydrogen-bond donors (Lipinski definition) is 1. The van der Waals surface area contributed by atoms with Crippen molar-refractivity contribution in [1.82, 2.24) is 9.88 Å². The lowest BCUT2D eigenvalue weighted by molar-refractivity contribution is -0.113. The molecule has 1 aromatic heterocycles. The summed E-state index contributed by atoms with van der Waals surface area (Å²) in [4.78, 5) is 18.3. The van der Waals surface area contributed by atoms with Crippen LogP contribution in [0.3, 0.4) is 0 Å². The van der Waals surface area contributed by atoms with Gasteiger partial charge in [0.2, 0.25) is 5.91 Å². The Bertz CT molecular complexity index is 424. The molecule has 0 bridgehead atoms. The highest BCUT2D eigenvalue weighted by atomic mass is 127. The molecule has 1 saturated heterocycles. The Balaban J connectivity index is 1.59. The lowest BCUT2D eigenvalue weighted by Gasteiger charge is -2.26. The molecule has 0 saturated carbocycles. The molecule has 1 aliphatic rings. The van der Waals surface area contributed by atoms with Gasteiger partial charge in [-0.1, -0.05) is 0 Å². The number of morpholine rings is 1. The highest BCUT2D eigenvalue weighted by Gasteiger charge is 2.10. The van der Waals surface area contributed by atoms with Gasteiger partial charge in [-0.05, 0) is 34.7 Å². The van der Waals surface area contributed by atoms with E-state index in [4.69, 9.17) is 4.74 Å². The first kappa shape index (κ1) is 16.0. The Morgan fingerprint density at radius 1 is 1.45 bits per heavy atom. The molecule has 2 heterocycles. The van der Waals surface area contributed by atoms with E-state index < -0.39 is 0 Å². The van der Waals surface area contributed by atoms with E-state index >= 15 is 0 Å². The van der Waals surface area contributed by atoms with E-state index in [1.165, 1.54) is 0 Å². The maximum atomic E-state index is 11.7. The second-order valence-electron chi connectivity index (χ2n) is 4.42. The van der Waals surface area contributed by atoms with Gasteiger partial charge < -0.3 is 10.1 Å². The van der Waals surface area contributed by atoms with Gasteiger partial charge in [-0.3, -0.25) is 9.69 Å². The first-order valence-corrected chi connectivity index (χ1v) is 8.76. The van der Waals surface area contributed by atoms with E-state index in [2.05, 4.69) is 37.8 Å². The molecule has 1 aromatic rings. The van der Waals surface area contributed by atoms with Gasteiger partial charge >= 0.3 is 0 Å². The first-order valence-electron chi connectivity index (χ1n) is 6.53. The van der Waals surface area contributed by atoms with Gasteiger partial charge in [-0.15, -0.1) is 0 Å². The third-order valence-electron chi connectivity index (χ3n) is 2.88. The Kier molecular flexibility index (Phi) is 7.05. The number of rotatable bonds is 6. The summed E-state index contributed by atoms with van der Waals surface area (Å²) < 4.78 is 6.35. The molecule has 0 atom stereocenters. The summed E-state index contributed by atoms with van der Waals surface area (Å²) in [5.74, 6) is 2.06. The fourth-order valence-corrected chi connectivity index (χ4v) is 2.92. The van der Waals surface area contributed by atoms with Crippen LogP contribution < -0.4 is 5.32 Å². The van der Waals surface area contributed by atoms with E-state index in [-0.39, 0.29) is 5.91 Å². The summed E-state index contributed by atoms with van der Waals surface area (Å²) in [6, 6.07) is 3.74. The number of carbonyl (C=O) groups is 1. The average molecular weight is 407 g/mol. The molecule has 110 valence electrons. The quantitative estimate of drug-likeness (QED) is 0.575. The van der Waals surface area contributed by atoms with Crippen molar-refractivity contribution < 1.29 is 9.53 Å². The third-order valence-corrected chi connectivity index (χ3v) is 4.46. The van der Waals surface area contributed by atoms with Crippen molar-refractivity contribution in [2.45, 2.75) is 0 Å². The van der Waals surface area contributed by atoms with Crippen LogP contribution in [0.2, 0.25) is 0 Å². The number of thioether (sulfide) groups is 1. The predicted octanol–water partition coefficient (Wildman–Crippen LogP) is 1.69. The number of anilines is 1. The highest BCUT2D eigenvalue weighted by Crippen LogP contribution is 2.08. The number of halogens is 1. The number of pyridine rings is 1. The van der Waals surface area contributed by atoms with Crippen molar-refractivity contribution in [2.24, 2.45) is 0 Å². The normalized spacial score (nSPS) is 16.1. The number of nitrogens with one attached hydrogen (secondary N) is 1. The van der Waals surface area contributed by atoms with E-state index in [0.29, 0.717) is 11.6 Å². The lowest BCUT2D eigenvalue weighted by Crippen LogP contribution is -2.37. The standard InChI is InChI=1S/C13H18IN3O2S/c14-11-1-2-12(15-9-11)16-13(18)10-20-8-5-17-3-6-19-7-4-17/h1-2,9H,3-8,10H2,(H,15,16,18). The monoisotopic (exact) mass is 407 g/mol. The minimum absolute atomic E-state index is 0.00526. The molecule has 5 nitrogen and oxygen atoms in total. The van der Waals surface area contributed by atoms with E-state index in [0.717, 1.165) is 42.2 Å². The molecule has 1 fully saturated rings. The molecule has 1 amide bonds. The fraction of sp³-hybridized carbons (Fsp3) is 0.538. The van der Waals surface area contributed by atoms with Crippen LogP contribution in [0.25, 0.3) is 0 Å². The summed E-state index contributed by atoms with van der Waals surface area (Å²) in [7, 11) is 0. The molecule has 0 aromatic carbocycles. The molecular weight excluding hydrogens is 389 g/mol. The van der Waals surface area contributed by atoms with Crippen LogP contribution in [0.4, 0.5) is 5.82 Å². The molecule has 1 aliphatic heterocycles. The molecule has 0 unspecified atom stereocenters. The molecule has 0 aliphatic carbocycles. The van der Waals surface area contributed by atoms with Crippen LogP contribution in [-0.4, -0.2) is 60.1 Å². The van der Waals surface area contributed by atoms with Gasteiger partial charge in [0.05, 0.1) is 19.0 Å². The summed E-state index contributed by atoms with van der Waals surface area (Å²) >= 11 is 3.84. The Morgan fingerprint density at radius 2 is 2.25 bits per heavy atom. The van der Waals surface area contributed by atoms with Crippen LogP contribution in [-0.2, 0) is 9.53 Å². The minimum Gasteiger partial charge on any atom is -0.379 e. The van der Waals surface area contributed by atoms with Gasteiger partial charge in [0.25, 0.3) is 0 Å². The number of amides is 1. The second-order valence-corrected chi connectivity index (χ2v) is 6.77. The molecule has 7 heteroatoms. The van der Waals surface area contributed by atoms with Crippen LogP contribution >= 0.6 is 34.4 Å². The number of ether oxygens (including phenoxy) is 1. The van der Waals surface area contributed by atoms with Crippen molar-refractivity contribution in [2.75, 3.05) is 49.7 Å². The van der Waals surface area contributed by atoms with Gasteiger partial charge in [0, 0.05) is 35.2 Å². The smallest absolute Gasteiger partial charge is 0.235 e. The zero-order valence-electron chi connectivity index (χ0n) is 11.2. The SMILES string of the molecule is O=C(CSCCN1CCOCC1)Nc1ccc(I)cn1. The molecule has 0 radical (unpaired) electrons. The molecule has 20 heavy (non-hydrogen) atoms. The topological polar surface area (TPSA) is 54.5 Å². The van der Waals surface area contributed by atoms with Crippen molar-refractivity contribution in [3.05, 3.63) is 21.9 Å². The maximum absolute atomic E-state index is 11.7. The summed E-state index contributed by atoms with van der Waals surface area (Å²) in [6.45, 7) is 4.66. The Hall–Kier alpha value is -0.380. The molecule has 2 rings (SSSR count). The van der Waals surface area contributed by atoms with Crippen molar-refractivity contribution in [3.8, 4) is 0 Å². The van der Waals surface area contributed by atoms with Crippen LogP contribution in [0.15, 0.2) is 18.3 Å². The number of hydrogen-bond acceptors (Lipinski definition) is 5. The highest BCUT2D eigenvalue weighted by molar-refractivity contribution is 14.1. The minimum atomic E-state index is 0.00526. The fourth-order valence-electron chi connectivity index (χ4n) is 1.81. The van der Waals surface area contributed by atoms with E-state index in [9.17, 15) is 4.79 Å². The Morgan fingerprint density at radius 3 is 2.95 bits per heavy atom. The predicted molar refractivity (Wildman–Crippen MR) is 90.2 cm³/mol. The van der Waals surface area contributed by atoms with Gasteiger partial charge in [-0.25, -0.2) is 4.98 Å². The van der Waals surface area contributed by atoms with E-state index in [1.807, 2.05) is 12.1 Å². The van der Waals surface area contributed by atoms with E-state index in [1.54, 1.807) is 18.0 Å². The maximum Gasteiger partial charge on any atom is 0.235 e. The van der Waals surface area contributed by atoms with Crippen molar-refractivity contribution in [1.29, 1.82) is 0 Å². The second kappa shape index (κ2) is 8.81. The number of nitrogens with zero attached hydrogens (tertiary/aromatic N) is 2. The Labute approximate surface area is 137 Å². The average Bonchev–Trinajstić information content (AvgIpc) is 2.47. The number of aromatic nitrogens is 1. The third kappa shape index (κ3) is 5.94. The zero-order valence-corrected chi connectivity index (χ0v) is 14.2. The summed E-state index contributed by atoms with van der Waals surface area (Å²) in [5.41, 5.74) is 0.